The molecule has 0 bridgehead atoms. The van der Waals surface area contributed by atoms with Gasteiger partial charge in [0.15, 0.2) is 0 Å². The second-order valence-corrected chi connectivity index (χ2v) is 5.59. The standard InChI is InChI=1S/C13H10F4N2S/c14-7-1-2-9(13(15,16)17)8(5-7)12-19-10-3-4-18-6-11(10)20-12/h1-2,5,18H,3-4,6H2. The molecule has 1 aromatic heterocycles. The van der Waals surface area contributed by atoms with E-state index in [2.05, 4.69) is 10.3 Å². The summed E-state index contributed by atoms with van der Waals surface area (Å²) in [7, 11) is 0. The summed E-state index contributed by atoms with van der Waals surface area (Å²) in [6.07, 6.45) is -3.84. The molecule has 2 heterocycles. The summed E-state index contributed by atoms with van der Waals surface area (Å²) < 4.78 is 52.3. The molecule has 1 aliphatic heterocycles. The topological polar surface area (TPSA) is 24.9 Å². The van der Waals surface area contributed by atoms with Crippen LogP contribution in [0.1, 0.15) is 16.1 Å². The van der Waals surface area contributed by atoms with E-state index in [1.165, 1.54) is 11.3 Å². The molecular formula is C13H10F4N2S. The summed E-state index contributed by atoms with van der Waals surface area (Å²) in [5.41, 5.74) is -0.226. The van der Waals surface area contributed by atoms with Crippen LogP contribution in [0.4, 0.5) is 17.6 Å². The highest BCUT2D eigenvalue weighted by Gasteiger charge is 2.35. The number of nitrogens with zero attached hydrogens (tertiary/aromatic N) is 1. The molecule has 2 aromatic rings. The Morgan fingerprint density at radius 3 is 2.75 bits per heavy atom. The fraction of sp³-hybridized carbons (Fsp3) is 0.308. The fourth-order valence-corrected chi connectivity index (χ4v) is 3.29. The number of rotatable bonds is 1. The molecule has 0 saturated heterocycles. The molecule has 0 aliphatic carbocycles. The molecule has 2 nitrogen and oxygen atoms in total. The summed E-state index contributed by atoms with van der Waals surface area (Å²) in [6, 6.07) is 2.49. The molecule has 0 radical (unpaired) electrons. The SMILES string of the molecule is Fc1ccc(C(F)(F)F)c(-c2nc3c(s2)CNCC3)c1. The van der Waals surface area contributed by atoms with Crippen LogP contribution in [-0.2, 0) is 19.1 Å². The third kappa shape index (κ3) is 2.43. The van der Waals surface area contributed by atoms with Crippen LogP contribution in [-0.4, -0.2) is 11.5 Å². The van der Waals surface area contributed by atoms with E-state index in [-0.39, 0.29) is 10.6 Å². The highest BCUT2D eigenvalue weighted by atomic mass is 32.1. The van der Waals surface area contributed by atoms with E-state index in [0.717, 1.165) is 35.3 Å². The zero-order chi connectivity index (χ0) is 14.3. The molecule has 1 aliphatic rings. The Kier molecular flexibility index (Phi) is 3.25. The van der Waals surface area contributed by atoms with Crippen molar-refractivity contribution in [3.05, 3.63) is 40.2 Å². The number of hydrogen-bond donors (Lipinski definition) is 1. The highest BCUT2D eigenvalue weighted by Crippen LogP contribution is 2.39. The summed E-state index contributed by atoms with van der Waals surface area (Å²) in [5.74, 6) is -0.695. The predicted molar refractivity (Wildman–Crippen MR) is 67.9 cm³/mol. The smallest absolute Gasteiger partial charge is 0.311 e. The quantitative estimate of drug-likeness (QED) is 0.814. The van der Waals surface area contributed by atoms with Gasteiger partial charge in [0.05, 0.1) is 11.3 Å². The minimum Gasteiger partial charge on any atom is -0.311 e. The molecule has 3 rings (SSSR count). The molecule has 0 saturated carbocycles. The maximum absolute atomic E-state index is 13.3. The first-order valence-electron chi connectivity index (χ1n) is 6.01. The lowest BCUT2D eigenvalue weighted by Gasteiger charge is -2.10. The van der Waals surface area contributed by atoms with E-state index in [1.807, 2.05) is 0 Å². The van der Waals surface area contributed by atoms with E-state index < -0.39 is 17.6 Å². The average molecular weight is 302 g/mol. The number of halogens is 4. The third-order valence-corrected chi connectivity index (χ3v) is 4.25. The predicted octanol–water partition coefficient (Wildman–Crippen LogP) is 3.61. The van der Waals surface area contributed by atoms with Crippen molar-refractivity contribution in [3.8, 4) is 10.6 Å². The van der Waals surface area contributed by atoms with Gasteiger partial charge in [-0.2, -0.15) is 13.2 Å². The van der Waals surface area contributed by atoms with Crippen molar-refractivity contribution in [2.45, 2.75) is 19.1 Å². The highest BCUT2D eigenvalue weighted by molar-refractivity contribution is 7.15. The Morgan fingerprint density at radius 1 is 1.25 bits per heavy atom. The molecule has 1 aromatic carbocycles. The van der Waals surface area contributed by atoms with Gasteiger partial charge in [-0.25, -0.2) is 9.37 Å². The third-order valence-electron chi connectivity index (χ3n) is 3.12. The first kappa shape index (κ1) is 13.5. The van der Waals surface area contributed by atoms with E-state index in [1.54, 1.807) is 0 Å². The van der Waals surface area contributed by atoms with Crippen LogP contribution in [0.3, 0.4) is 0 Å². The molecule has 0 amide bonds. The lowest BCUT2D eigenvalue weighted by molar-refractivity contribution is -0.137. The Hall–Kier alpha value is -1.47. The van der Waals surface area contributed by atoms with Gasteiger partial charge in [-0.3, -0.25) is 0 Å². The summed E-state index contributed by atoms with van der Waals surface area (Å²) in [5, 5.41) is 3.36. The Bertz CT molecular complexity index is 625. The van der Waals surface area contributed by atoms with Gasteiger partial charge in [0, 0.05) is 30.0 Å². The zero-order valence-corrected chi connectivity index (χ0v) is 11.0. The minimum atomic E-state index is -4.52. The maximum atomic E-state index is 13.3. The van der Waals surface area contributed by atoms with E-state index in [0.29, 0.717) is 13.0 Å². The number of aromatic nitrogens is 1. The monoisotopic (exact) mass is 302 g/mol. The Balaban J connectivity index is 2.13. The van der Waals surface area contributed by atoms with Gasteiger partial charge in [0.1, 0.15) is 10.8 Å². The molecule has 0 spiro atoms. The lowest BCUT2D eigenvalue weighted by Crippen LogP contribution is -2.22. The first-order valence-corrected chi connectivity index (χ1v) is 6.83. The first-order chi connectivity index (χ1) is 9.45. The second kappa shape index (κ2) is 4.82. The Labute approximate surface area is 116 Å². The normalized spacial score (nSPS) is 15.2. The lowest BCUT2D eigenvalue weighted by atomic mass is 10.1. The largest absolute Gasteiger partial charge is 0.417 e. The van der Waals surface area contributed by atoms with Gasteiger partial charge in [-0.1, -0.05) is 0 Å². The van der Waals surface area contributed by atoms with E-state index in [9.17, 15) is 17.6 Å². The van der Waals surface area contributed by atoms with Crippen molar-refractivity contribution in [3.63, 3.8) is 0 Å². The molecular weight excluding hydrogens is 292 g/mol. The molecule has 1 N–H and O–H groups in total. The van der Waals surface area contributed by atoms with Gasteiger partial charge in [-0.05, 0) is 18.2 Å². The van der Waals surface area contributed by atoms with Crippen LogP contribution >= 0.6 is 11.3 Å². The van der Waals surface area contributed by atoms with Crippen molar-refractivity contribution in [1.82, 2.24) is 10.3 Å². The van der Waals surface area contributed by atoms with E-state index in [4.69, 9.17) is 0 Å². The van der Waals surface area contributed by atoms with Gasteiger partial charge in [0.2, 0.25) is 0 Å². The molecule has 106 valence electrons. The van der Waals surface area contributed by atoms with Gasteiger partial charge < -0.3 is 5.32 Å². The van der Waals surface area contributed by atoms with Gasteiger partial charge >= 0.3 is 6.18 Å². The van der Waals surface area contributed by atoms with Crippen LogP contribution in [0.5, 0.6) is 0 Å². The second-order valence-electron chi connectivity index (χ2n) is 4.50. The molecule has 7 heteroatoms. The molecule has 20 heavy (non-hydrogen) atoms. The van der Waals surface area contributed by atoms with E-state index >= 15 is 0 Å². The number of fused-ring (bicyclic) bond motifs is 1. The van der Waals surface area contributed by atoms with Crippen molar-refractivity contribution >= 4 is 11.3 Å². The summed E-state index contributed by atoms with van der Waals surface area (Å²) in [6.45, 7) is 1.36. The summed E-state index contributed by atoms with van der Waals surface area (Å²) >= 11 is 1.19. The fourth-order valence-electron chi connectivity index (χ4n) is 2.18. The van der Waals surface area contributed by atoms with Crippen molar-refractivity contribution in [2.75, 3.05) is 6.54 Å². The zero-order valence-electron chi connectivity index (χ0n) is 10.2. The van der Waals surface area contributed by atoms with Gasteiger partial charge in [-0.15, -0.1) is 11.3 Å². The minimum absolute atomic E-state index is 0.183. The number of alkyl halides is 3. The molecule has 0 unspecified atom stereocenters. The van der Waals surface area contributed by atoms with Crippen LogP contribution in [0, 0.1) is 5.82 Å². The number of thiazole rings is 1. The van der Waals surface area contributed by atoms with Crippen molar-refractivity contribution in [1.29, 1.82) is 0 Å². The van der Waals surface area contributed by atoms with Gasteiger partial charge in [0.25, 0.3) is 0 Å². The average Bonchev–Trinajstić information content (AvgIpc) is 2.80. The van der Waals surface area contributed by atoms with Crippen LogP contribution < -0.4 is 5.32 Å². The molecule has 0 fully saturated rings. The number of hydrogen-bond acceptors (Lipinski definition) is 3. The maximum Gasteiger partial charge on any atom is 0.417 e. The van der Waals surface area contributed by atoms with Crippen LogP contribution in [0.15, 0.2) is 18.2 Å². The number of benzene rings is 1. The Morgan fingerprint density at radius 2 is 2.05 bits per heavy atom. The van der Waals surface area contributed by atoms with Crippen molar-refractivity contribution in [2.24, 2.45) is 0 Å². The summed E-state index contributed by atoms with van der Waals surface area (Å²) in [4.78, 5) is 5.17. The van der Waals surface area contributed by atoms with Crippen LogP contribution in [0.25, 0.3) is 10.6 Å². The van der Waals surface area contributed by atoms with Crippen molar-refractivity contribution < 1.29 is 17.6 Å². The molecule has 0 atom stereocenters. The number of nitrogens with one attached hydrogen (secondary N) is 1. The van der Waals surface area contributed by atoms with Crippen LogP contribution in [0.2, 0.25) is 0 Å².